The molecule has 2 N–H and O–H groups in total. The third-order valence-corrected chi connectivity index (χ3v) is 1.45. The molecule has 0 aromatic carbocycles. The lowest BCUT2D eigenvalue weighted by atomic mass is 10.2. The Kier molecular flexibility index (Phi) is 5.88. The van der Waals surface area contributed by atoms with E-state index in [-0.39, 0.29) is 19.1 Å². The molecule has 0 aliphatic carbocycles. The molecule has 5 heteroatoms. The number of carbonyl (C=O) groups is 2. The van der Waals surface area contributed by atoms with Crippen LogP contribution in [0.2, 0.25) is 0 Å². The normalized spacial score (nSPS) is 12.2. The second-order valence-corrected chi connectivity index (χ2v) is 2.68. The zero-order valence-electron chi connectivity index (χ0n) is 7.87. The zero-order valence-corrected chi connectivity index (χ0v) is 7.87. The highest BCUT2D eigenvalue weighted by Gasteiger charge is 2.10. The molecule has 0 aliphatic rings. The van der Waals surface area contributed by atoms with E-state index < -0.39 is 11.9 Å². The predicted octanol–water partition coefficient (Wildman–Crippen LogP) is -0.140. The van der Waals surface area contributed by atoms with E-state index in [1.807, 2.05) is 0 Å². The molecule has 1 unspecified atom stereocenters. The molecular weight excluding hydrogens is 174 g/mol. The van der Waals surface area contributed by atoms with Crippen LogP contribution in [0.15, 0.2) is 0 Å². The summed E-state index contributed by atoms with van der Waals surface area (Å²) in [6.45, 7) is 3.97. The van der Waals surface area contributed by atoms with Gasteiger partial charge in [-0.3, -0.25) is 9.59 Å². The van der Waals surface area contributed by atoms with Crippen LogP contribution in [-0.2, 0) is 14.3 Å². The fourth-order valence-electron chi connectivity index (χ4n) is 0.690. The number of hydrogen-bond donors (Lipinski definition) is 2. The van der Waals surface area contributed by atoms with Crippen molar-refractivity contribution in [1.82, 2.24) is 5.32 Å². The second kappa shape index (κ2) is 6.42. The summed E-state index contributed by atoms with van der Waals surface area (Å²) in [6.07, 6.45) is 0. The van der Waals surface area contributed by atoms with Gasteiger partial charge >= 0.3 is 11.9 Å². The van der Waals surface area contributed by atoms with Gasteiger partial charge in [-0.1, -0.05) is 6.92 Å². The molecule has 5 nitrogen and oxygen atoms in total. The van der Waals surface area contributed by atoms with Crippen molar-refractivity contribution in [3.8, 4) is 0 Å². The molecule has 13 heavy (non-hydrogen) atoms. The topological polar surface area (TPSA) is 75.6 Å². The largest absolute Gasteiger partial charge is 0.481 e. The van der Waals surface area contributed by atoms with E-state index in [1.165, 1.54) is 0 Å². The summed E-state index contributed by atoms with van der Waals surface area (Å²) in [7, 11) is 0. The van der Waals surface area contributed by atoms with E-state index in [1.54, 1.807) is 13.8 Å². The third kappa shape index (κ3) is 6.10. The Hall–Kier alpha value is -1.10. The van der Waals surface area contributed by atoms with Crippen molar-refractivity contribution in [1.29, 1.82) is 0 Å². The Labute approximate surface area is 77.1 Å². The first-order chi connectivity index (χ1) is 6.07. The highest BCUT2D eigenvalue weighted by atomic mass is 16.5. The molecule has 0 aromatic heterocycles. The highest BCUT2D eigenvalue weighted by Crippen LogP contribution is 1.90. The maximum Gasteiger partial charge on any atom is 0.319 e. The van der Waals surface area contributed by atoms with Crippen molar-refractivity contribution < 1.29 is 19.4 Å². The summed E-state index contributed by atoms with van der Waals surface area (Å²) < 4.78 is 4.64. The number of nitrogens with one attached hydrogen (secondary N) is 1. The molecule has 0 radical (unpaired) electrons. The van der Waals surface area contributed by atoms with E-state index in [0.29, 0.717) is 6.61 Å². The van der Waals surface area contributed by atoms with Gasteiger partial charge in [0.2, 0.25) is 0 Å². The molecule has 0 fully saturated rings. The van der Waals surface area contributed by atoms with Crippen molar-refractivity contribution in [2.75, 3.05) is 19.7 Å². The minimum absolute atomic E-state index is 0.0610. The molecule has 0 saturated carbocycles. The molecule has 76 valence electrons. The Morgan fingerprint density at radius 2 is 2.15 bits per heavy atom. The number of carbonyl (C=O) groups excluding carboxylic acids is 1. The smallest absolute Gasteiger partial charge is 0.319 e. The van der Waals surface area contributed by atoms with Crippen LogP contribution >= 0.6 is 0 Å². The van der Waals surface area contributed by atoms with Crippen molar-refractivity contribution in [2.45, 2.75) is 13.8 Å². The van der Waals surface area contributed by atoms with E-state index in [9.17, 15) is 9.59 Å². The number of rotatable bonds is 6. The van der Waals surface area contributed by atoms with Gasteiger partial charge in [0, 0.05) is 6.54 Å². The fourth-order valence-corrected chi connectivity index (χ4v) is 0.690. The summed E-state index contributed by atoms with van der Waals surface area (Å²) in [5, 5.41) is 11.2. The standard InChI is InChI=1S/C8H15NO4/c1-3-13-7(10)5-9-4-6(2)8(11)12/h6,9H,3-5H2,1-2H3,(H,11,12). The Morgan fingerprint density at radius 1 is 1.54 bits per heavy atom. The monoisotopic (exact) mass is 189 g/mol. The summed E-state index contributed by atoms with van der Waals surface area (Å²) in [5.41, 5.74) is 0. The molecule has 0 heterocycles. The Balaban J connectivity index is 3.44. The molecule has 0 spiro atoms. The number of esters is 1. The average molecular weight is 189 g/mol. The Morgan fingerprint density at radius 3 is 2.62 bits per heavy atom. The first-order valence-electron chi connectivity index (χ1n) is 4.17. The number of carboxylic acids is 1. The third-order valence-electron chi connectivity index (χ3n) is 1.45. The summed E-state index contributed by atoms with van der Waals surface area (Å²) >= 11 is 0. The van der Waals surface area contributed by atoms with Crippen LogP contribution in [0.1, 0.15) is 13.8 Å². The van der Waals surface area contributed by atoms with Crippen LogP contribution in [0, 0.1) is 5.92 Å². The lowest BCUT2D eigenvalue weighted by molar-refractivity contribution is -0.143. The van der Waals surface area contributed by atoms with Crippen LogP contribution in [0.4, 0.5) is 0 Å². The van der Waals surface area contributed by atoms with Gasteiger partial charge in [0.15, 0.2) is 0 Å². The summed E-state index contributed by atoms with van der Waals surface area (Å²) in [4.78, 5) is 21.1. The lowest BCUT2D eigenvalue weighted by Gasteiger charge is -2.07. The van der Waals surface area contributed by atoms with Crippen LogP contribution in [0.5, 0.6) is 0 Å². The predicted molar refractivity (Wildman–Crippen MR) is 46.3 cm³/mol. The number of ether oxygens (including phenoxy) is 1. The molecule has 0 aliphatic heterocycles. The number of hydrogen-bond acceptors (Lipinski definition) is 4. The lowest BCUT2D eigenvalue weighted by Crippen LogP contribution is -2.31. The van der Waals surface area contributed by atoms with Gasteiger partial charge in [-0.05, 0) is 6.92 Å². The van der Waals surface area contributed by atoms with Crippen LogP contribution in [-0.4, -0.2) is 36.7 Å². The highest BCUT2D eigenvalue weighted by molar-refractivity contribution is 5.72. The quantitative estimate of drug-likeness (QED) is 0.569. The molecular formula is C8H15NO4. The molecule has 0 bridgehead atoms. The van der Waals surface area contributed by atoms with Crippen molar-refractivity contribution in [3.63, 3.8) is 0 Å². The van der Waals surface area contributed by atoms with Gasteiger partial charge in [0.05, 0.1) is 19.1 Å². The van der Waals surface area contributed by atoms with Gasteiger partial charge < -0.3 is 15.2 Å². The van der Waals surface area contributed by atoms with Crippen LogP contribution in [0.3, 0.4) is 0 Å². The van der Waals surface area contributed by atoms with Gasteiger partial charge in [0.1, 0.15) is 0 Å². The number of carboxylic acid groups (broad SMARTS) is 1. The maximum absolute atomic E-state index is 10.8. The number of aliphatic carboxylic acids is 1. The van der Waals surface area contributed by atoms with E-state index in [2.05, 4.69) is 10.1 Å². The molecule has 0 amide bonds. The second-order valence-electron chi connectivity index (χ2n) is 2.68. The van der Waals surface area contributed by atoms with Crippen LogP contribution in [0.25, 0.3) is 0 Å². The molecule has 1 atom stereocenters. The van der Waals surface area contributed by atoms with Crippen molar-refractivity contribution in [3.05, 3.63) is 0 Å². The SMILES string of the molecule is CCOC(=O)CNCC(C)C(=O)O. The zero-order chi connectivity index (χ0) is 10.3. The van der Waals surface area contributed by atoms with Crippen LogP contribution < -0.4 is 5.32 Å². The maximum atomic E-state index is 10.8. The van der Waals surface area contributed by atoms with E-state index >= 15 is 0 Å². The minimum Gasteiger partial charge on any atom is -0.481 e. The van der Waals surface area contributed by atoms with Gasteiger partial charge in [-0.2, -0.15) is 0 Å². The Bertz CT molecular complexity index is 181. The molecule has 0 rings (SSSR count). The molecule has 0 aromatic rings. The fraction of sp³-hybridized carbons (Fsp3) is 0.750. The van der Waals surface area contributed by atoms with Crippen molar-refractivity contribution >= 4 is 11.9 Å². The average Bonchev–Trinajstić information content (AvgIpc) is 2.04. The summed E-state index contributed by atoms with van der Waals surface area (Å²) in [6, 6.07) is 0. The van der Waals surface area contributed by atoms with Gasteiger partial charge in [0.25, 0.3) is 0 Å². The van der Waals surface area contributed by atoms with Gasteiger partial charge in [-0.25, -0.2) is 0 Å². The van der Waals surface area contributed by atoms with Gasteiger partial charge in [-0.15, -0.1) is 0 Å². The van der Waals surface area contributed by atoms with E-state index in [0.717, 1.165) is 0 Å². The first kappa shape index (κ1) is 11.9. The van der Waals surface area contributed by atoms with E-state index in [4.69, 9.17) is 5.11 Å². The first-order valence-corrected chi connectivity index (χ1v) is 4.17. The van der Waals surface area contributed by atoms with Crippen molar-refractivity contribution in [2.24, 2.45) is 5.92 Å². The molecule has 0 saturated heterocycles. The minimum atomic E-state index is -0.878. The summed E-state index contributed by atoms with van der Waals surface area (Å²) in [5.74, 6) is -1.73.